The average Bonchev–Trinajstić information content (AvgIpc) is 3.06. The van der Waals surface area contributed by atoms with E-state index in [0.717, 1.165) is 40.0 Å². The van der Waals surface area contributed by atoms with Crippen molar-refractivity contribution in [1.29, 1.82) is 0 Å². The summed E-state index contributed by atoms with van der Waals surface area (Å²) >= 11 is 1.60. The molecule has 2 aromatic carbocycles. The molecule has 0 unspecified atom stereocenters. The first kappa shape index (κ1) is 22.3. The Morgan fingerprint density at radius 1 is 1.12 bits per heavy atom. The number of hydrogen-bond acceptors (Lipinski definition) is 4. The van der Waals surface area contributed by atoms with E-state index in [9.17, 15) is 17.6 Å². The first-order valence-corrected chi connectivity index (χ1v) is 10.7. The van der Waals surface area contributed by atoms with Crippen LogP contribution in [0.4, 0.5) is 28.9 Å². The molecule has 0 bridgehead atoms. The lowest BCUT2D eigenvalue weighted by Crippen LogP contribution is -2.15. The summed E-state index contributed by atoms with van der Waals surface area (Å²) in [6.45, 7) is 1.47. The van der Waals surface area contributed by atoms with Crippen molar-refractivity contribution in [2.45, 2.75) is 12.7 Å². The number of rotatable bonds is 6. The zero-order valence-electron chi connectivity index (χ0n) is 17.5. The van der Waals surface area contributed by atoms with Gasteiger partial charge in [-0.2, -0.15) is 13.2 Å². The molecule has 2 heterocycles. The van der Waals surface area contributed by atoms with Crippen LogP contribution < -0.4 is 10.6 Å². The molecule has 0 fully saturated rings. The van der Waals surface area contributed by atoms with Crippen LogP contribution in [0.2, 0.25) is 0 Å². The molecule has 3 aromatic rings. The molecule has 4 rings (SSSR count). The molecule has 0 atom stereocenters. The van der Waals surface area contributed by atoms with Gasteiger partial charge in [0, 0.05) is 42.3 Å². The fourth-order valence-electron chi connectivity index (χ4n) is 3.53. The molecule has 0 spiro atoms. The Bertz CT molecular complexity index is 1200. The van der Waals surface area contributed by atoms with Gasteiger partial charge in [0.05, 0.1) is 16.8 Å². The van der Waals surface area contributed by atoms with Gasteiger partial charge in [0.25, 0.3) is 0 Å². The van der Waals surface area contributed by atoms with Crippen LogP contribution in [0.5, 0.6) is 0 Å². The number of hydrogen-bond donors (Lipinski definition) is 2. The molecular formula is C23H22F4N4S. The molecule has 0 aliphatic carbocycles. The fraction of sp³-hybridized carbons (Fsp3) is 0.217. The number of aromatic nitrogens is 1. The average molecular weight is 463 g/mol. The van der Waals surface area contributed by atoms with Crippen molar-refractivity contribution in [2.75, 3.05) is 26.0 Å². The van der Waals surface area contributed by atoms with Crippen molar-refractivity contribution in [1.82, 2.24) is 14.2 Å². The lowest BCUT2D eigenvalue weighted by Gasteiger charge is -2.19. The molecule has 168 valence electrons. The number of benzene rings is 2. The standard InChI is InChI=1S/C23H22F4N4S/c1-28-12-15-13-31(32-18-4-3-9-30(2)14-18)22-11-17(6-7-19(15)22)29-21-8-5-16(10-20(21)24)23(25,26)27/h3-11,13,28-29H,12,14H2,1-2H3. The Labute approximate surface area is 187 Å². The van der Waals surface area contributed by atoms with Gasteiger partial charge < -0.3 is 15.5 Å². The summed E-state index contributed by atoms with van der Waals surface area (Å²) in [5.74, 6) is -0.956. The highest BCUT2D eigenvalue weighted by molar-refractivity contribution is 8.01. The third kappa shape index (κ3) is 4.78. The summed E-state index contributed by atoms with van der Waals surface area (Å²) in [6, 6.07) is 8.09. The van der Waals surface area contributed by atoms with Gasteiger partial charge in [0.1, 0.15) is 5.82 Å². The van der Waals surface area contributed by atoms with Gasteiger partial charge in [-0.25, -0.2) is 4.39 Å². The predicted octanol–water partition coefficient (Wildman–Crippen LogP) is 6.10. The topological polar surface area (TPSA) is 32.2 Å². The van der Waals surface area contributed by atoms with E-state index in [-0.39, 0.29) is 5.69 Å². The van der Waals surface area contributed by atoms with Crippen LogP contribution in [0, 0.1) is 5.82 Å². The Kier molecular flexibility index (Phi) is 6.21. The second-order valence-electron chi connectivity index (χ2n) is 7.54. The van der Waals surface area contributed by atoms with E-state index >= 15 is 0 Å². The predicted molar refractivity (Wildman–Crippen MR) is 122 cm³/mol. The molecule has 9 heteroatoms. The van der Waals surface area contributed by atoms with Crippen LogP contribution in [0.25, 0.3) is 10.9 Å². The highest BCUT2D eigenvalue weighted by atomic mass is 32.2. The maximum Gasteiger partial charge on any atom is 0.416 e. The third-order valence-corrected chi connectivity index (χ3v) is 6.04. The zero-order valence-corrected chi connectivity index (χ0v) is 18.3. The lowest BCUT2D eigenvalue weighted by atomic mass is 10.1. The second kappa shape index (κ2) is 8.91. The first-order valence-electron chi connectivity index (χ1n) is 9.93. The number of anilines is 2. The van der Waals surface area contributed by atoms with Gasteiger partial charge in [0.15, 0.2) is 0 Å². The van der Waals surface area contributed by atoms with E-state index < -0.39 is 17.6 Å². The molecule has 2 N–H and O–H groups in total. The molecule has 32 heavy (non-hydrogen) atoms. The number of likely N-dealkylation sites (N-methyl/N-ethyl adjacent to an activating group) is 1. The maximum atomic E-state index is 14.3. The number of alkyl halides is 3. The van der Waals surface area contributed by atoms with E-state index in [1.54, 1.807) is 18.0 Å². The van der Waals surface area contributed by atoms with E-state index in [2.05, 4.69) is 31.8 Å². The van der Waals surface area contributed by atoms with Crippen LogP contribution in [0.3, 0.4) is 0 Å². The zero-order chi connectivity index (χ0) is 22.9. The highest BCUT2D eigenvalue weighted by Gasteiger charge is 2.31. The van der Waals surface area contributed by atoms with Gasteiger partial charge in [-0.15, -0.1) is 0 Å². The molecule has 1 aliphatic heterocycles. The maximum absolute atomic E-state index is 14.3. The number of nitrogens with one attached hydrogen (secondary N) is 2. The van der Waals surface area contributed by atoms with Crippen molar-refractivity contribution in [3.8, 4) is 0 Å². The molecule has 0 radical (unpaired) electrons. The van der Waals surface area contributed by atoms with E-state index in [4.69, 9.17) is 0 Å². The van der Waals surface area contributed by atoms with Gasteiger partial charge >= 0.3 is 6.18 Å². The van der Waals surface area contributed by atoms with Gasteiger partial charge in [-0.05, 0) is 73.2 Å². The lowest BCUT2D eigenvalue weighted by molar-refractivity contribution is -0.137. The monoisotopic (exact) mass is 462 g/mol. The van der Waals surface area contributed by atoms with E-state index in [0.29, 0.717) is 18.3 Å². The summed E-state index contributed by atoms with van der Waals surface area (Å²) in [5, 5.41) is 7.12. The number of allylic oxidation sites excluding steroid dienone is 2. The number of fused-ring (bicyclic) bond motifs is 1. The van der Waals surface area contributed by atoms with Crippen LogP contribution in [0.15, 0.2) is 65.9 Å². The normalized spacial score (nSPS) is 14.2. The molecule has 1 aliphatic rings. The summed E-state index contributed by atoms with van der Waals surface area (Å²) in [6.07, 6.45) is 3.54. The van der Waals surface area contributed by atoms with E-state index in [1.165, 1.54) is 0 Å². The minimum Gasteiger partial charge on any atom is -0.376 e. The van der Waals surface area contributed by atoms with Crippen LogP contribution >= 0.6 is 11.9 Å². The van der Waals surface area contributed by atoms with Crippen molar-refractivity contribution in [3.05, 3.63) is 82.8 Å². The minimum absolute atomic E-state index is 0.0136. The first-order chi connectivity index (χ1) is 15.2. The summed E-state index contributed by atoms with van der Waals surface area (Å²) in [4.78, 5) is 3.25. The summed E-state index contributed by atoms with van der Waals surface area (Å²) < 4.78 is 54.8. The molecule has 0 saturated carbocycles. The Morgan fingerprint density at radius 3 is 2.62 bits per heavy atom. The quantitative estimate of drug-likeness (QED) is 0.434. The second-order valence-corrected chi connectivity index (χ2v) is 8.64. The molecular weight excluding hydrogens is 440 g/mol. The van der Waals surface area contributed by atoms with Crippen molar-refractivity contribution >= 4 is 34.2 Å². The van der Waals surface area contributed by atoms with Gasteiger partial charge in [-0.3, -0.25) is 3.97 Å². The highest BCUT2D eigenvalue weighted by Crippen LogP contribution is 2.34. The largest absolute Gasteiger partial charge is 0.416 e. The molecule has 1 aromatic heterocycles. The third-order valence-electron chi connectivity index (χ3n) is 5.04. The summed E-state index contributed by atoms with van der Waals surface area (Å²) in [5.41, 5.74) is 1.60. The Morgan fingerprint density at radius 2 is 1.94 bits per heavy atom. The SMILES string of the molecule is CNCc1cn(SC2=CC=CN(C)C2)c2cc(Nc3ccc(C(F)(F)F)cc3F)ccc12. The van der Waals surface area contributed by atoms with Crippen LogP contribution in [-0.4, -0.2) is 29.5 Å². The minimum atomic E-state index is -4.59. The Balaban J connectivity index is 1.67. The number of nitrogens with zero attached hydrogens (tertiary/aromatic N) is 2. The van der Waals surface area contributed by atoms with Crippen molar-refractivity contribution in [2.24, 2.45) is 0 Å². The number of halogens is 4. The van der Waals surface area contributed by atoms with E-state index in [1.807, 2.05) is 38.5 Å². The fourth-order valence-corrected chi connectivity index (χ4v) is 4.62. The van der Waals surface area contributed by atoms with Gasteiger partial charge in [0.2, 0.25) is 0 Å². The molecule has 0 saturated heterocycles. The van der Waals surface area contributed by atoms with Crippen LogP contribution in [-0.2, 0) is 12.7 Å². The smallest absolute Gasteiger partial charge is 0.376 e. The van der Waals surface area contributed by atoms with Gasteiger partial charge in [-0.1, -0.05) is 6.07 Å². The summed E-state index contributed by atoms with van der Waals surface area (Å²) in [7, 11) is 3.88. The van der Waals surface area contributed by atoms with Crippen LogP contribution in [0.1, 0.15) is 11.1 Å². The van der Waals surface area contributed by atoms with Crippen molar-refractivity contribution < 1.29 is 17.6 Å². The van der Waals surface area contributed by atoms with Crippen molar-refractivity contribution in [3.63, 3.8) is 0 Å². The molecule has 4 nitrogen and oxygen atoms in total. The molecule has 0 amide bonds. The Hall–Kier alpha value is -2.91.